The minimum atomic E-state index is -0.112. The minimum absolute atomic E-state index is 0.112. The van der Waals surface area contributed by atoms with Crippen LogP contribution in [0.2, 0.25) is 0 Å². The van der Waals surface area contributed by atoms with Gasteiger partial charge < -0.3 is 10.2 Å². The van der Waals surface area contributed by atoms with Gasteiger partial charge in [-0.25, -0.2) is 14.6 Å². The van der Waals surface area contributed by atoms with Crippen LogP contribution in [0.25, 0.3) is 5.69 Å². The summed E-state index contributed by atoms with van der Waals surface area (Å²) < 4.78 is 1.65. The topological polar surface area (TPSA) is 75.9 Å². The highest BCUT2D eigenvalue weighted by molar-refractivity contribution is 5.94. The van der Waals surface area contributed by atoms with E-state index in [1.807, 2.05) is 30.5 Å². The van der Waals surface area contributed by atoms with Crippen LogP contribution in [0.15, 0.2) is 55.2 Å². The molecule has 0 atom stereocenters. The highest BCUT2D eigenvalue weighted by Gasteiger charge is 2.13. The van der Waals surface area contributed by atoms with E-state index in [4.69, 9.17) is 0 Å². The molecule has 1 aliphatic heterocycles. The molecule has 0 bridgehead atoms. The van der Waals surface area contributed by atoms with Gasteiger partial charge in [-0.15, -0.1) is 0 Å². The largest absolute Gasteiger partial charge is 0.357 e. The highest BCUT2D eigenvalue weighted by Crippen LogP contribution is 2.17. The number of hydrogen-bond acceptors (Lipinski definition) is 5. The number of nitrogens with one attached hydrogen (secondary N) is 1. The number of aromatic nitrogens is 4. The highest BCUT2D eigenvalue weighted by atomic mass is 16.1. The van der Waals surface area contributed by atoms with Crippen molar-refractivity contribution in [3.63, 3.8) is 0 Å². The number of pyridine rings is 1. The molecule has 26 heavy (non-hydrogen) atoms. The molecule has 0 radical (unpaired) electrons. The summed E-state index contributed by atoms with van der Waals surface area (Å²) in [6.45, 7) is 2.61. The van der Waals surface area contributed by atoms with Gasteiger partial charge in [0.1, 0.15) is 18.5 Å². The van der Waals surface area contributed by atoms with Gasteiger partial charge in [0.15, 0.2) is 0 Å². The molecule has 1 N–H and O–H groups in total. The van der Waals surface area contributed by atoms with E-state index in [1.54, 1.807) is 23.1 Å². The van der Waals surface area contributed by atoms with Crippen LogP contribution in [0.3, 0.4) is 0 Å². The second-order valence-corrected chi connectivity index (χ2v) is 6.29. The average molecular weight is 348 g/mol. The van der Waals surface area contributed by atoms with Crippen molar-refractivity contribution >= 4 is 11.7 Å². The standard InChI is InChI=1S/C19H20N6O/c26-19(16-4-6-17(7-5-16)25-14-20-13-23-25)22-12-15-3-8-18(21-11-15)24-9-1-2-10-24/h3-8,11,13-14H,1-2,9-10,12H2,(H,22,26). The monoisotopic (exact) mass is 348 g/mol. The first-order valence-electron chi connectivity index (χ1n) is 8.73. The first-order valence-corrected chi connectivity index (χ1v) is 8.73. The normalized spacial score (nSPS) is 13.8. The molecule has 0 aliphatic carbocycles. The zero-order valence-electron chi connectivity index (χ0n) is 14.4. The van der Waals surface area contributed by atoms with Gasteiger partial charge in [0.05, 0.1) is 5.69 Å². The van der Waals surface area contributed by atoms with Crippen molar-refractivity contribution in [1.29, 1.82) is 0 Å². The summed E-state index contributed by atoms with van der Waals surface area (Å²) in [5.41, 5.74) is 2.46. The van der Waals surface area contributed by atoms with Crippen molar-refractivity contribution in [1.82, 2.24) is 25.1 Å². The number of hydrogen-bond donors (Lipinski definition) is 1. The van der Waals surface area contributed by atoms with E-state index >= 15 is 0 Å². The van der Waals surface area contributed by atoms with Gasteiger partial charge in [-0.2, -0.15) is 5.10 Å². The molecule has 1 saturated heterocycles. The van der Waals surface area contributed by atoms with E-state index in [2.05, 4.69) is 25.3 Å². The van der Waals surface area contributed by atoms with Crippen LogP contribution < -0.4 is 10.2 Å². The predicted molar refractivity (Wildman–Crippen MR) is 98.2 cm³/mol. The molecule has 7 heteroatoms. The Morgan fingerprint density at radius 2 is 1.88 bits per heavy atom. The van der Waals surface area contributed by atoms with Gasteiger partial charge in [0, 0.05) is 31.4 Å². The lowest BCUT2D eigenvalue weighted by Gasteiger charge is -2.16. The smallest absolute Gasteiger partial charge is 0.251 e. The molecule has 0 saturated carbocycles. The van der Waals surface area contributed by atoms with Gasteiger partial charge >= 0.3 is 0 Å². The Hall–Kier alpha value is -3.22. The number of anilines is 1. The van der Waals surface area contributed by atoms with Crippen LogP contribution in [0.1, 0.15) is 28.8 Å². The molecule has 0 unspecified atom stereocenters. The fourth-order valence-corrected chi connectivity index (χ4v) is 3.05. The Kier molecular flexibility index (Phi) is 4.59. The zero-order valence-corrected chi connectivity index (χ0v) is 14.4. The van der Waals surface area contributed by atoms with Crippen molar-refractivity contribution in [3.05, 3.63) is 66.4 Å². The van der Waals surface area contributed by atoms with Crippen LogP contribution in [-0.2, 0) is 6.54 Å². The maximum Gasteiger partial charge on any atom is 0.251 e. The lowest BCUT2D eigenvalue weighted by molar-refractivity contribution is 0.0951. The van der Waals surface area contributed by atoms with Gasteiger partial charge in [-0.3, -0.25) is 4.79 Å². The van der Waals surface area contributed by atoms with Crippen LogP contribution in [-0.4, -0.2) is 38.7 Å². The molecule has 4 rings (SSSR count). The van der Waals surface area contributed by atoms with E-state index in [0.29, 0.717) is 12.1 Å². The molecule has 7 nitrogen and oxygen atoms in total. The molecule has 3 aromatic rings. The first kappa shape index (κ1) is 16.3. The Morgan fingerprint density at radius 1 is 1.08 bits per heavy atom. The van der Waals surface area contributed by atoms with Gasteiger partial charge in [0.25, 0.3) is 5.91 Å². The third-order valence-corrected chi connectivity index (χ3v) is 4.51. The molecule has 132 valence electrons. The second-order valence-electron chi connectivity index (χ2n) is 6.29. The first-order chi connectivity index (χ1) is 12.8. The number of benzene rings is 1. The van der Waals surface area contributed by atoms with E-state index < -0.39 is 0 Å². The molecular weight excluding hydrogens is 328 g/mol. The number of amides is 1. The van der Waals surface area contributed by atoms with Gasteiger partial charge in [-0.05, 0) is 48.7 Å². The maximum absolute atomic E-state index is 12.3. The second kappa shape index (κ2) is 7.35. The quantitative estimate of drug-likeness (QED) is 0.765. The van der Waals surface area contributed by atoms with E-state index in [1.165, 1.54) is 19.2 Å². The van der Waals surface area contributed by atoms with Crippen molar-refractivity contribution in [2.75, 3.05) is 18.0 Å². The van der Waals surface area contributed by atoms with Crippen molar-refractivity contribution < 1.29 is 4.79 Å². The molecule has 1 fully saturated rings. The zero-order chi connectivity index (χ0) is 17.8. The molecule has 1 amide bonds. The molecular formula is C19H20N6O. The Morgan fingerprint density at radius 3 is 2.54 bits per heavy atom. The average Bonchev–Trinajstić information content (AvgIpc) is 3.40. The molecule has 1 aliphatic rings. The Balaban J connectivity index is 1.34. The maximum atomic E-state index is 12.3. The molecule has 3 heterocycles. The summed E-state index contributed by atoms with van der Waals surface area (Å²) in [5, 5.41) is 7.00. The SMILES string of the molecule is O=C(NCc1ccc(N2CCCC2)nc1)c1ccc(-n2cncn2)cc1. The van der Waals surface area contributed by atoms with Crippen LogP contribution in [0.5, 0.6) is 0 Å². The summed E-state index contributed by atoms with van der Waals surface area (Å²) in [6.07, 6.45) is 7.39. The summed E-state index contributed by atoms with van der Waals surface area (Å²) in [6, 6.07) is 11.3. The van der Waals surface area contributed by atoms with Crippen molar-refractivity contribution in [2.45, 2.75) is 19.4 Å². The Bertz CT molecular complexity index is 852. The molecule has 0 spiro atoms. The predicted octanol–water partition coefficient (Wildman–Crippen LogP) is 2.19. The van der Waals surface area contributed by atoms with Crippen molar-refractivity contribution in [3.8, 4) is 5.69 Å². The molecule has 2 aromatic heterocycles. The third kappa shape index (κ3) is 3.56. The number of carbonyl (C=O) groups excluding carboxylic acids is 1. The van der Waals surface area contributed by atoms with E-state index in [-0.39, 0.29) is 5.91 Å². The number of carbonyl (C=O) groups is 1. The number of nitrogens with zero attached hydrogens (tertiary/aromatic N) is 5. The van der Waals surface area contributed by atoms with Crippen LogP contribution in [0.4, 0.5) is 5.82 Å². The van der Waals surface area contributed by atoms with Crippen LogP contribution in [0, 0.1) is 0 Å². The number of rotatable bonds is 5. The fraction of sp³-hybridized carbons (Fsp3) is 0.263. The minimum Gasteiger partial charge on any atom is -0.357 e. The summed E-state index contributed by atoms with van der Waals surface area (Å²) >= 11 is 0. The third-order valence-electron chi connectivity index (χ3n) is 4.51. The van der Waals surface area contributed by atoms with Gasteiger partial charge in [0.2, 0.25) is 0 Å². The van der Waals surface area contributed by atoms with Crippen LogP contribution >= 0.6 is 0 Å². The van der Waals surface area contributed by atoms with Gasteiger partial charge in [-0.1, -0.05) is 6.07 Å². The Labute approximate surface area is 151 Å². The summed E-state index contributed by atoms with van der Waals surface area (Å²) in [4.78, 5) is 23.0. The van der Waals surface area contributed by atoms with E-state index in [9.17, 15) is 4.79 Å². The summed E-state index contributed by atoms with van der Waals surface area (Å²) in [5.74, 6) is 0.903. The molecule has 1 aromatic carbocycles. The van der Waals surface area contributed by atoms with Crippen molar-refractivity contribution in [2.24, 2.45) is 0 Å². The fourth-order valence-electron chi connectivity index (χ4n) is 3.05. The lowest BCUT2D eigenvalue weighted by Crippen LogP contribution is -2.23. The lowest BCUT2D eigenvalue weighted by atomic mass is 10.2. The summed E-state index contributed by atoms with van der Waals surface area (Å²) in [7, 11) is 0. The van der Waals surface area contributed by atoms with E-state index in [0.717, 1.165) is 30.2 Å².